The molecule has 29 heteroatoms. The summed E-state index contributed by atoms with van der Waals surface area (Å²) >= 11 is 9.64. The number of aliphatic hydroxyl groups excluding tert-OH is 2. The van der Waals surface area contributed by atoms with E-state index in [1.165, 1.54) is 0 Å². The SMILES string of the molecule is NC(=NCc1ccccc1)NC(=O)c1nc(Cl)c(N)nc1N.O=c1ccn([C@@H]2O[C@H](COP(=O)(O)OP(=O)(O)OP(O)(O)=S)[C@@H](O)[C@H]2O)c(=O)[nH]1. The van der Waals surface area contributed by atoms with Crippen molar-refractivity contribution in [3.63, 3.8) is 0 Å². The van der Waals surface area contributed by atoms with E-state index in [1.807, 2.05) is 35.3 Å². The normalized spacial score (nSPS) is 21.5. The van der Waals surface area contributed by atoms with Crippen molar-refractivity contribution in [2.75, 3.05) is 18.1 Å². The van der Waals surface area contributed by atoms with Crippen LogP contribution in [0.3, 0.4) is 0 Å². The number of phosphoric ester groups is 1. The number of aliphatic hydroxyl groups is 2. The molecule has 6 atom stereocenters. The standard InChI is InChI=1S/C13H14ClN7O.C9H15N2O14P3S/c14-9-11(16)20-10(15)8(19-9)12(22)21-13(17)18-6-7-4-2-1-3-5-7;12-5-1-2-11(9(15)10-5)8-7(14)6(13)4(23-8)3-22-26(16,17)24-27(18,19)25-28(20,21)29/h1-5H,6H2,(H4,15,16,20)(H3,17,18,21,22);1-2,4,6-8,13-14H,3H2,(H,16,17)(H,18,19)(H,10,12,15)(H2,20,21,29)/t;4-,6-,7-,8-/m.1/s1. The third-order valence-electron chi connectivity index (χ3n) is 5.92. The third-order valence-corrected chi connectivity index (χ3v) is 10.6. The molecule has 0 aliphatic carbocycles. The second-order valence-electron chi connectivity index (χ2n) is 9.73. The van der Waals surface area contributed by atoms with Gasteiger partial charge in [0.15, 0.2) is 34.7 Å². The quantitative estimate of drug-likeness (QED) is 0.0575. The van der Waals surface area contributed by atoms with Crippen LogP contribution in [-0.4, -0.2) is 86.1 Å². The van der Waals surface area contributed by atoms with Crippen molar-refractivity contribution in [1.29, 1.82) is 0 Å². The number of phosphoric acid groups is 2. The summed E-state index contributed by atoms with van der Waals surface area (Å²) in [6.45, 7) is -5.39. The first-order valence-electron chi connectivity index (χ1n) is 13.4. The number of amides is 1. The minimum absolute atomic E-state index is 0.0542. The van der Waals surface area contributed by atoms with E-state index in [2.05, 4.69) is 45.2 Å². The molecule has 1 aliphatic rings. The number of ether oxygens (including phenoxy) is 1. The van der Waals surface area contributed by atoms with E-state index in [4.69, 9.17) is 48.2 Å². The molecule has 3 aromatic rings. The molecular formula is C22H29ClN9O15P3S. The van der Waals surface area contributed by atoms with Gasteiger partial charge in [-0.15, -0.1) is 0 Å². The van der Waals surface area contributed by atoms with Gasteiger partial charge in [-0.3, -0.25) is 29.0 Å². The Morgan fingerprint density at radius 2 is 1.69 bits per heavy atom. The van der Waals surface area contributed by atoms with E-state index in [9.17, 15) is 38.6 Å². The molecule has 51 heavy (non-hydrogen) atoms. The summed E-state index contributed by atoms with van der Waals surface area (Å²) in [6, 6.07) is 10.4. The first-order chi connectivity index (χ1) is 23.6. The zero-order valence-corrected chi connectivity index (χ0v) is 29.5. The van der Waals surface area contributed by atoms with Gasteiger partial charge >= 0.3 is 28.1 Å². The number of guanidine groups is 1. The summed E-state index contributed by atoms with van der Waals surface area (Å²) in [7, 11) is -10.9. The number of carbonyl (C=O) groups excluding carboxylic acids is 1. The molecule has 1 aliphatic heterocycles. The lowest BCUT2D eigenvalue weighted by Gasteiger charge is -2.19. The average molecular weight is 820 g/mol. The molecule has 24 nitrogen and oxygen atoms in total. The number of hydrogen-bond acceptors (Lipinski definition) is 17. The molecule has 1 fully saturated rings. The van der Waals surface area contributed by atoms with E-state index in [1.54, 1.807) is 0 Å². The zero-order chi connectivity index (χ0) is 38.3. The fourth-order valence-electron chi connectivity index (χ4n) is 3.78. The van der Waals surface area contributed by atoms with Gasteiger partial charge in [-0.2, -0.15) is 4.31 Å². The number of carbonyl (C=O) groups is 1. The van der Waals surface area contributed by atoms with E-state index >= 15 is 0 Å². The van der Waals surface area contributed by atoms with Crippen LogP contribution in [0.4, 0.5) is 11.6 Å². The van der Waals surface area contributed by atoms with Gasteiger partial charge in [0.2, 0.25) is 0 Å². The largest absolute Gasteiger partial charge is 0.488 e. The number of nitrogens with zero attached hydrogens (tertiary/aromatic N) is 4. The number of aromatic nitrogens is 4. The number of nitrogen functional groups attached to an aromatic ring is 2. The summed E-state index contributed by atoms with van der Waals surface area (Å²) in [5.41, 5.74) is 15.7. The van der Waals surface area contributed by atoms with Gasteiger partial charge in [-0.25, -0.2) is 33.2 Å². The molecule has 1 saturated heterocycles. The molecule has 4 rings (SSSR count). The molecule has 280 valence electrons. The summed E-state index contributed by atoms with van der Waals surface area (Å²) in [6.07, 6.45) is -5.55. The highest BCUT2D eigenvalue weighted by molar-refractivity contribution is 8.08. The summed E-state index contributed by atoms with van der Waals surface area (Å²) in [4.78, 5) is 84.5. The van der Waals surface area contributed by atoms with Crippen LogP contribution < -0.4 is 33.8 Å². The average Bonchev–Trinajstić information content (AvgIpc) is 3.28. The van der Waals surface area contributed by atoms with Crippen LogP contribution in [0.25, 0.3) is 0 Å². The first-order valence-corrected chi connectivity index (χ1v) is 19.4. The van der Waals surface area contributed by atoms with Gasteiger partial charge in [0, 0.05) is 12.3 Å². The van der Waals surface area contributed by atoms with E-state index in [0.29, 0.717) is 6.54 Å². The highest BCUT2D eigenvalue weighted by atomic mass is 35.5. The number of anilines is 2. The number of benzene rings is 1. The van der Waals surface area contributed by atoms with Crippen LogP contribution in [0.1, 0.15) is 22.3 Å². The smallest absolute Gasteiger partial charge is 0.387 e. The van der Waals surface area contributed by atoms with Crippen LogP contribution in [0.15, 0.2) is 57.2 Å². The lowest BCUT2D eigenvalue weighted by atomic mass is 10.1. The second kappa shape index (κ2) is 17.4. The fourth-order valence-corrected chi connectivity index (χ4v) is 7.69. The van der Waals surface area contributed by atoms with Crippen LogP contribution >= 0.6 is 34.0 Å². The second-order valence-corrected chi connectivity index (χ2v) is 15.9. The van der Waals surface area contributed by atoms with Crippen LogP contribution in [-0.2, 0) is 45.4 Å². The third kappa shape index (κ3) is 12.9. The molecule has 1 amide bonds. The Labute approximate surface area is 295 Å². The number of H-pyrrole nitrogens is 1. The lowest BCUT2D eigenvalue weighted by Crippen LogP contribution is -2.37. The van der Waals surface area contributed by atoms with Crippen molar-refractivity contribution >= 4 is 69.3 Å². The van der Waals surface area contributed by atoms with Gasteiger partial charge in [-0.05, 0) is 17.4 Å². The maximum absolute atomic E-state index is 12.0. The monoisotopic (exact) mass is 819 g/mol. The van der Waals surface area contributed by atoms with E-state index < -0.39 is 70.7 Å². The number of rotatable bonds is 11. The fraction of sp³-hybridized carbons (Fsp3) is 0.273. The van der Waals surface area contributed by atoms with Crippen molar-refractivity contribution in [2.24, 2.45) is 10.7 Å². The van der Waals surface area contributed by atoms with E-state index in [-0.39, 0.29) is 28.4 Å². The predicted octanol–water partition coefficient (Wildman–Crippen LogP) is -1.85. The molecule has 1 aromatic carbocycles. The summed E-state index contributed by atoms with van der Waals surface area (Å²) in [5, 5.41) is 22.2. The Kier molecular flexibility index (Phi) is 14.3. The number of nitrogens with one attached hydrogen (secondary N) is 2. The van der Waals surface area contributed by atoms with Gasteiger partial charge in [0.25, 0.3) is 11.5 Å². The number of aromatic amines is 1. The maximum atomic E-state index is 12.0. The topological polar surface area (TPSA) is 393 Å². The number of nitrogens with two attached hydrogens (primary N) is 3. The predicted molar refractivity (Wildman–Crippen MR) is 179 cm³/mol. The Hall–Kier alpha value is -3.48. The van der Waals surface area contributed by atoms with Crippen molar-refractivity contribution in [1.82, 2.24) is 24.8 Å². The molecular weight excluding hydrogens is 791 g/mol. The van der Waals surface area contributed by atoms with Crippen LogP contribution in [0.5, 0.6) is 0 Å². The molecule has 0 saturated carbocycles. The van der Waals surface area contributed by atoms with Crippen LogP contribution in [0, 0.1) is 0 Å². The van der Waals surface area contributed by atoms with Crippen molar-refractivity contribution in [3.05, 3.63) is 79.8 Å². The molecule has 0 bridgehead atoms. The molecule has 14 N–H and O–H groups in total. The number of aliphatic imine (C=N–C) groups is 1. The highest BCUT2D eigenvalue weighted by Gasteiger charge is 2.46. The minimum atomic E-state index is -5.52. The molecule has 0 spiro atoms. The highest BCUT2D eigenvalue weighted by Crippen LogP contribution is 2.66. The van der Waals surface area contributed by atoms with Crippen molar-refractivity contribution in [2.45, 2.75) is 31.1 Å². The Bertz CT molecular complexity index is 2020. The molecule has 2 unspecified atom stereocenters. The maximum Gasteiger partial charge on any atom is 0.488 e. The molecule has 3 heterocycles. The first kappa shape index (κ1) is 41.9. The Balaban J connectivity index is 0.000000286. The van der Waals surface area contributed by atoms with Gasteiger partial charge in [0.05, 0.1) is 13.2 Å². The van der Waals surface area contributed by atoms with Gasteiger partial charge < -0.3 is 51.7 Å². The Morgan fingerprint density at radius 1 is 1.04 bits per heavy atom. The summed E-state index contributed by atoms with van der Waals surface area (Å²) in [5.74, 6) is -0.930. The molecule has 0 radical (unpaired) electrons. The number of hydrogen-bond donors (Lipinski definition) is 11. The van der Waals surface area contributed by atoms with Crippen molar-refractivity contribution in [3.8, 4) is 0 Å². The van der Waals surface area contributed by atoms with Gasteiger partial charge in [0.1, 0.15) is 18.3 Å². The van der Waals surface area contributed by atoms with Crippen molar-refractivity contribution < 1.29 is 61.6 Å². The van der Waals surface area contributed by atoms with E-state index in [0.717, 1.165) is 22.4 Å². The minimum Gasteiger partial charge on any atom is -0.387 e. The van der Waals surface area contributed by atoms with Gasteiger partial charge in [-0.1, -0.05) is 41.9 Å². The summed E-state index contributed by atoms with van der Waals surface area (Å²) < 4.78 is 40.9. The van der Waals surface area contributed by atoms with Crippen LogP contribution in [0.2, 0.25) is 5.15 Å². The Morgan fingerprint density at radius 3 is 2.29 bits per heavy atom. The molecule has 2 aromatic heterocycles. The number of halogens is 1. The lowest BCUT2D eigenvalue weighted by molar-refractivity contribution is -0.0542. The zero-order valence-electron chi connectivity index (χ0n) is 25.3.